The van der Waals surface area contributed by atoms with E-state index in [2.05, 4.69) is 32.5 Å². The molecule has 0 radical (unpaired) electrons. The van der Waals surface area contributed by atoms with E-state index in [0.29, 0.717) is 16.4 Å². The molecule has 6 heteroatoms. The summed E-state index contributed by atoms with van der Waals surface area (Å²) in [5.41, 5.74) is 3.94. The van der Waals surface area contributed by atoms with Crippen LogP contribution in [0.25, 0.3) is 0 Å². The molecule has 2 aromatic carbocycles. The molecule has 0 bridgehead atoms. The van der Waals surface area contributed by atoms with Crippen molar-refractivity contribution in [1.82, 2.24) is 15.1 Å². The molecule has 0 atom stereocenters. The summed E-state index contributed by atoms with van der Waals surface area (Å²) in [5, 5.41) is 10.8. The lowest BCUT2D eigenvalue weighted by molar-refractivity contribution is 0.102. The Balaban J connectivity index is 1.45. The summed E-state index contributed by atoms with van der Waals surface area (Å²) in [6.07, 6.45) is 0. The summed E-state index contributed by atoms with van der Waals surface area (Å²) >= 11 is 5.86. The highest BCUT2D eigenvalue weighted by Crippen LogP contribution is 2.28. The van der Waals surface area contributed by atoms with Crippen molar-refractivity contribution in [1.29, 1.82) is 0 Å². The van der Waals surface area contributed by atoms with E-state index in [1.165, 1.54) is 5.56 Å². The number of nitrogens with zero attached hydrogens (tertiary/aromatic N) is 2. The van der Waals surface area contributed by atoms with Gasteiger partial charge in [0.2, 0.25) is 0 Å². The first-order valence-corrected chi connectivity index (χ1v) is 8.46. The molecule has 0 saturated carbocycles. The summed E-state index contributed by atoms with van der Waals surface area (Å²) in [5.74, 6) is 0.415. The summed E-state index contributed by atoms with van der Waals surface area (Å²) in [7, 11) is 0. The van der Waals surface area contributed by atoms with Gasteiger partial charge in [-0.1, -0.05) is 41.9 Å². The predicted octanol–water partition coefficient (Wildman–Crippen LogP) is 3.83. The quantitative estimate of drug-likeness (QED) is 0.750. The van der Waals surface area contributed by atoms with Crippen molar-refractivity contribution < 1.29 is 4.79 Å². The lowest BCUT2D eigenvalue weighted by atomic mass is 10.2. The summed E-state index contributed by atoms with van der Waals surface area (Å²) in [6, 6.07) is 17.2. The van der Waals surface area contributed by atoms with Crippen LogP contribution in [-0.2, 0) is 19.6 Å². The molecule has 0 saturated heterocycles. The number of hydrogen-bond donors (Lipinski definition) is 2. The highest BCUT2D eigenvalue weighted by molar-refractivity contribution is 6.30. The van der Waals surface area contributed by atoms with Gasteiger partial charge in [0.25, 0.3) is 5.91 Å². The number of anilines is 1. The van der Waals surface area contributed by atoms with E-state index in [4.69, 9.17) is 11.6 Å². The molecular weight excluding hydrogens is 336 g/mol. The third-order valence-corrected chi connectivity index (χ3v) is 4.56. The van der Waals surface area contributed by atoms with Gasteiger partial charge in [0.05, 0.1) is 5.69 Å². The van der Waals surface area contributed by atoms with E-state index in [-0.39, 0.29) is 5.91 Å². The Hall–Kier alpha value is -2.63. The molecule has 1 aromatic heterocycles. The predicted molar refractivity (Wildman–Crippen MR) is 97.4 cm³/mol. The van der Waals surface area contributed by atoms with Crippen molar-refractivity contribution in [2.45, 2.75) is 19.6 Å². The normalized spacial score (nSPS) is 13.6. The first kappa shape index (κ1) is 15.9. The summed E-state index contributed by atoms with van der Waals surface area (Å²) < 4.78 is 0. The Morgan fingerprint density at radius 2 is 1.88 bits per heavy atom. The van der Waals surface area contributed by atoms with Gasteiger partial charge in [0.15, 0.2) is 5.82 Å². The number of hydrogen-bond acceptors (Lipinski definition) is 3. The molecular formula is C19H17ClN4O. The van der Waals surface area contributed by atoms with Crippen LogP contribution in [0.5, 0.6) is 0 Å². The maximum absolute atomic E-state index is 12.4. The van der Waals surface area contributed by atoms with Crippen LogP contribution in [0, 0.1) is 0 Å². The Kier molecular flexibility index (Phi) is 4.26. The molecule has 4 rings (SSSR count). The first-order valence-electron chi connectivity index (χ1n) is 8.08. The lowest BCUT2D eigenvalue weighted by Crippen LogP contribution is -2.18. The number of nitrogens with one attached hydrogen (secondary N) is 2. The minimum Gasteiger partial charge on any atom is -0.305 e. The van der Waals surface area contributed by atoms with Gasteiger partial charge in [0.1, 0.15) is 0 Å². The maximum atomic E-state index is 12.4. The van der Waals surface area contributed by atoms with Crippen molar-refractivity contribution in [3.8, 4) is 0 Å². The molecule has 25 heavy (non-hydrogen) atoms. The Morgan fingerprint density at radius 3 is 2.64 bits per heavy atom. The fourth-order valence-corrected chi connectivity index (χ4v) is 3.17. The van der Waals surface area contributed by atoms with Crippen LogP contribution in [0.4, 0.5) is 5.82 Å². The lowest BCUT2D eigenvalue weighted by Gasteiger charge is -2.15. The van der Waals surface area contributed by atoms with Crippen LogP contribution in [0.2, 0.25) is 5.02 Å². The van der Waals surface area contributed by atoms with Gasteiger partial charge in [-0.15, -0.1) is 0 Å². The Labute approximate surface area is 150 Å². The van der Waals surface area contributed by atoms with Gasteiger partial charge in [-0.05, 0) is 29.8 Å². The number of halogens is 1. The van der Waals surface area contributed by atoms with E-state index >= 15 is 0 Å². The van der Waals surface area contributed by atoms with E-state index < -0.39 is 0 Å². The molecule has 1 amide bonds. The van der Waals surface area contributed by atoms with E-state index in [9.17, 15) is 4.79 Å². The molecule has 0 unspecified atom stereocenters. The second-order valence-electron chi connectivity index (χ2n) is 6.12. The van der Waals surface area contributed by atoms with Crippen LogP contribution in [0.3, 0.4) is 0 Å². The standard InChI is InChI=1S/C19H17ClN4O/c20-15-8-6-14(7-9-15)19(25)21-18-16-11-24(12-17(16)22-23-18)10-13-4-2-1-3-5-13/h1-9H,10-12H2,(H2,21,22,23,25). The van der Waals surface area contributed by atoms with Crippen LogP contribution in [0.1, 0.15) is 27.2 Å². The zero-order valence-electron chi connectivity index (χ0n) is 13.5. The second-order valence-corrected chi connectivity index (χ2v) is 6.56. The number of fused-ring (bicyclic) bond motifs is 1. The average molecular weight is 353 g/mol. The van der Waals surface area contributed by atoms with Crippen LogP contribution in [0.15, 0.2) is 54.6 Å². The highest BCUT2D eigenvalue weighted by Gasteiger charge is 2.25. The molecule has 0 aliphatic carbocycles. The van der Waals surface area contributed by atoms with Crippen molar-refractivity contribution in [2.24, 2.45) is 0 Å². The van der Waals surface area contributed by atoms with Gasteiger partial charge in [-0.2, -0.15) is 5.10 Å². The van der Waals surface area contributed by atoms with Gasteiger partial charge >= 0.3 is 0 Å². The molecule has 2 N–H and O–H groups in total. The Morgan fingerprint density at radius 1 is 1.12 bits per heavy atom. The number of aromatic amines is 1. The first-order chi connectivity index (χ1) is 12.2. The molecule has 5 nitrogen and oxygen atoms in total. The number of amides is 1. The van der Waals surface area contributed by atoms with E-state index in [1.54, 1.807) is 24.3 Å². The Bertz CT molecular complexity index is 890. The van der Waals surface area contributed by atoms with Gasteiger partial charge in [-0.3, -0.25) is 14.8 Å². The topological polar surface area (TPSA) is 61.0 Å². The summed E-state index contributed by atoms with van der Waals surface area (Å²) in [4.78, 5) is 14.7. The number of benzene rings is 2. The van der Waals surface area contributed by atoms with E-state index in [0.717, 1.165) is 30.9 Å². The average Bonchev–Trinajstić information content (AvgIpc) is 3.18. The molecule has 0 fully saturated rings. The number of aromatic nitrogens is 2. The van der Waals surface area contributed by atoms with Crippen molar-refractivity contribution in [3.05, 3.63) is 82.0 Å². The van der Waals surface area contributed by atoms with Gasteiger partial charge < -0.3 is 5.32 Å². The van der Waals surface area contributed by atoms with Crippen LogP contribution < -0.4 is 5.32 Å². The molecule has 126 valence electrons. The number of rotatable bonds is 4. The van der Waals surface area contributed by atoms with Crippen molar-refractivity contribution >= 4 is 23.3 Å². The SMILES string of the molecule is O=C(Nc1n[nH]c2c1CN(Cc1ccccc1)C2)c1ccc(Cl)cc1. The fourth-order valence-electron chi connectivity index (χ4n) is 3.04. The zero-order valence-corrected chi connectivity index (χ0v) is 14.3. The molecule has 3 aromatic rings. The zero-order chi connectivity index (χ0) is 17.2. The largest absolute Gasteiger partial charge is 0.305 e. The number of carbonyl (C=O) groups is 1. The monoisotopic (exact) mass is 352 g/mol. The number of carbonyl (C=O) groups excluding carboxylic acids is 1. The van der Waals surface area contributed by atoms with E-state index in [1.807, 2.05) is 18.2 Å². The van der Waals surface area contributed by atoms with Crippen molar-refractivity contribution in [3.63, 3.8) is 0 Å². The molecule has 1 aliphatic heterocycles. The van der Waals surface area contributed by atoms with Crippen LogP contribution >= 0.6 is 11.6 Å². The summed E-state index contributed by atoms with van der Waals surface area (Å²) in [6.45, 7) is 2.43. The van der Waals surface area contributed by atoms with Gasteiger partial charge in [-0.25, -0.2) is 0 Å². The van der Waals surface area contributed by atoms with Crippen molar-refractivity contribution in [2.75, 3.05) is 5.32 Å². The fraction of sp³-hybridized carbons (Fsp3) is 0.158. The third-order valence-electron chi connectivity index (χ3n) is 4.30. The second kappa shape index (κ2) is 6.70. The number of H-pyrrole nitrogens is 1. The molecule has 0 spiro atoms. The van der Waals surface area contributed by atoms with Gasteiger partial charge in [0, 0.05) is 35.8 Å². The molecule has 2 heterocycles. The smallest absolute Gasteiger partial charge is 0.256 e. The minimum atomic E-state index is -0.188. The molecule has 1 aliphatic rings. The third kappa shape index (κ3) is 3.43. The maximum Gasteiger partial charge on any atom is 0.256 e. The van der Waals surface area contributed by atoms with Crippen LogP contribution in [-0.4, -0.2) is 21.0 Å². The minimum absolute atomic E-state index is 0.188. The highest BCUT2D eigenvalue weighted by atomic mass is 35.5.